The highest BCUT2D eigenvalue weighted by Crippen LogP contribution is 2.22. The van der Waals surface area contributed by atoms with Crippen LogP contribution in [0.4, 0.5) is 4.39 Å². The van der Waals surface area contributed by atoms with E-state index >= 15 is 0 Å². The van der Waals surface area contributed by atoms with Crippen LogP contribution in [0.1, 0.15) is 31.2 Å². The van der Waals surface area contributed by atoms with E-state index in [0.717, 1.165) is 24.6 Å². The Hall–Kier alpha value is -3.19. The minimum Gasteiger partial charge on any atom is -0.306 e. The van der Waals surface area contributed by atoms with Gasteiger partial charge in [-0.1, -0.05) is 31.0 Å². The van der Waals surface area contributed by atoms with Gasteiger partial charge in [0.25, 0.3) is 11.1 Å². The fraction of sp³-hybridized carbons (Fsp3) is 0.227. The van der Waals surface area contributed by atoms with Crippen LogP contribution in [0.2, 0.25) is 5.02 Å². The third-order valence-corrected chi connectivity index (χ3v) is 5.33. The summed E-state index contributed by atoms with van der Waals surface area (Å²) >= 11 is 6.16. The maximum Gasteiger partial charge on any atom is 0.280 e. The number of benzene rings is 1. The summed E-state index contributed by atoms with van der Waals surface area (Å²) in [7, 11) is 0. The first-order valence-corrected chi connectivity index (χ1v) is 10.1. The van der Waals surface area contributed by atoms with Crippen molar-refractivity contribution in [2.45, 2.75) is 32.7 Å². The molecule has 0 aliphatic rings. The SMILES string of the molecule is CCCCc1c2c(=O)n(-c3ccc(F)cc3Cl)[nH]c2cc(=O)n1Cc1ccccn1. The van der Waals surface area contributed by atoms with E-state index in [4.69, 9.17) is 11.6 Å². The van der Waals surface area contributed by atoms with Gasteiger partial charge in [0.15, 0.2) is 0 Å². The van der Waals surface area contributed by atoms with Crippen molar-refractivity contribution in [3.63, 3.8) is 0 Å². The standard InChI is InChI=1S/C22H20ClFN4O2/c1-2-3-7-19-21-17(12-20(29)27(19)13-15-6-4-5-10-25-15)26-28(22(21)30)18-9-8-14(24)11-16(18)23/h4-6,8-12,26H,2-3,7,13H2,1H3. The van der Waals surface area contributed by atoms with E-state index in [1.54, 1.807) is 10.8 Å². The van der Waals surface area contributed by atoms with E-state index < -0.39 is 5.82 Å². The van der Waals surface area contributed by atoms with Crippen LogP contribution in [0.15, 0.2) is 58.3 Å². The molecular weight excluding hydrogens is 407 g/mol. The lowest BCUT2D eigenvalue weighted by molar-refractivity contribution is 0.627. The Morgan fingerprint density at radius 3 is 2.70 bits per heavy atom. The third kappa shape index (κ3) is 3.68. The van der Waals surface area contributed by atoms with Crippen LogP contribution < -0.4 is 11.1 Å². The highest BCUT2D eigenvalue weighted by molar-refractivity contribution is 6.32. The van der Waals surface area contributed by atoms with Gasteiger partial charge in [-0.3, -0.25) is 19.7 Å². The summed E-state index contributed by atoms with van der Waals surface area (Å²) in [6.45, 7) is 2.33. The Morgan fingerprint density at radius 2 is 2.00 bits per heavy atom. The predicted molar refractivity (Wildman–Crippen MR) is 115 cm³/mol. The van der Waals surface area contributed by atoms with Crippen molar-refractivity contribution in [2.24, 2.45) is 0 Å². The van der Waals surface area contributed by atoms with Gasteiger partial charge in [-0.25, -0.2) is 9.07 Å². The number of pyridine rings is 2. The highest BCUT2D eigenvalue weighted by Gasteiger charge is 2.19. The van der Waals surface area contributed by atoms with Crippen molar-refractivity contribution in [3.8, 4) is 5.69 Å². The molecule has 3 heterocycles. The topological polar surface area (TPSA) is 72.7 Å². The first kappa shape index (κ1) is 20.1. The van der Waals surface area contributed by atoms with Crippen molar-refractivity contribution >= 4 is 22.5 Å². The summed E-state index contributed by atoms with van der Waals surface area (Å²) < 4.78 is 16.3. The molecule has 4 rings (SSSR count). The summed E-state index contributed by atoms with van der Waals surface area (Å²) in [5.41, 5.74) is 1.58. The molecule has 0 fully saturated rings. The molecule has 0 atom stereocenters. The molecule has 0 amide bonds. The maximum absolute atomic E-state index is 13.5. The van der Waals surface area contributed by atoms with Gasteiger partial charge in [0.2, 0.25) is 0 Å². The molecule has 1 N–H and O–H groups in total. The number of aromatic nitrogens is 4. The maximum atomic E-state index is 13.5. The summed E-state index contributed by atoms with van der Waals surface area (Å²) in [6, 6.07) is 10.7. The second kappa shape index (κ2) is 8.28. The zero-order valence-corrected chi connectivity index (χ0v) is 17.1. The fourth-order valence-electron chi connectivity index (χ4n) is 3.57. The summed E-state index contributed by atoms with van der Waals surface area (Å²) in [6.07, 6.45) is 3.98. The number of halogens is 2. The molecule has 1 aromatic carbocycles. The Morgan fingerprint density at radius 1 is 1.17 bits per heavy atom. The number of nitrogens with one attached hydrogen (secondary N) is 1. The molecule has 0 saturated heterocycles. The van der Waals surface area contributed by atoms with Crippen LogP contribution in [-0.4, -0.2) is 19.3 Å². The average Bonchev–Trinajstić information content (AvgIpc) is 3.04. The van der Waals surface area contributed by atoms with E-state index in [1.165, 1.54) is 22.9 Å². The van der Waals surface area contributed by atoms with Crippen molar-refractivity contribution in [2.75, 3.05) is 0 Å². The molecule has 8 heteroatoms. The first-order chi connectivity index (χ1) is 14.5. The van der Waals surface area contributed by atoms with Crippen molar-refractivity contribution < 1.29 is 4.39 Å². The van der Waals surface area contributed by atoms with E-state index in [9.17, 15) is 14.0 Å². The molecule has 154 valence electrons. The normalized spacial score (nSPS) is 11.3. The number of unbranched alkanes of at least 4 members (excludes halogenated alkanes) is 1. The van der Waals surface area contributed by atoms with Gasteiger partial charge in [-0.05, 0) is 43.2 Å². The van der Waals surface area contributed by atoms with Gasteiger partial charge < -0.3 is 4.57 Å². The number of nitrogens with zero attached hydrogens (tertiary/aromatic N) is 3. The fourth-order valence-corrected chi connectivity index (χ4v) is 3.82. The molecule has 0 radical (unpaired) electrons. The Kier molecular flexibility index (Phi) is 5.55. The van der Waals surface area contributed by atoms with Gasteiger partial charge in [0, 0.05) is 18.0 Å². The van der Waals surface area contributed by atoms with Crippen molar-refractivity contribution in [1.29, 1.82) is 0 Å². The molecule has 0 bridgehead atoms. The molecule has 0 saturated carbocycles. The number of fused-ring (bicyclic) bond motifs is 1. The second-order valence-electron chi connectivity index (χ2n) is 7.08. The average molecular weight is 427 g/mol. The monoisotopic (exact) mass is 426 g/mol. The van der Waals surface area contributed by atoms with Crippen LogP contribution in [0.5, 0.6) is 0 Å². The lowest BCUT2D eigenvalue weighted by Crippen LogP contribution is -2.26. The van der Waals surface area contributed by atoms with E-state index in [2.05, 4.69) is 17.0 Å². The quantitative estimate of drug-likeness (QED) is 0.505. The van der Waals surface area contributed by atoms with Gasteiger partial charge in [-0.15, -0.1) is 0 Å². The minimum atomic E-state index is -0.494. The van der Waals surface area contributed by atoms with Crippen LogP contribution in [-0.2, 0) is 13.0 Å². The summed E-state index contributed by atoms with van der Waals surface area (Å²) in [5.74, 6) is -0.494. The van der Waals surface area contributed by atoms with Crippen molar-refractivity contribution in [1.82, 2.24) is 19.3 Å². The van der Waals surface area contributed by atoms with E-state index in [1.807, 2.05) is 18.2 Å². The molecule has 4 aromatic rings. The van der Waals surface area contributed by atoms with Crippen LogP contribution in [0.25, 0.3) is 16.6 Å². The zero-order chi connectivity index (χ0) is 21.3. The summed E-state index contributed by atoms with van der Waals surface area (Å²) in [4.78, 5) is 30.5. The van der Waals surface area contributed by atoms with E-state index in [-0.39, 0.29) is 22.7 Å². The second-order valence-corrected chi connectivity index (χ2v) is 7.48. The molecule has 30 heavy (non-hydrogen) atoms. The Labute approximate surface area is 176 Å². The number of rotatable bonds is 6. The molecule has 0 aliphatic heterocycles. The summed E-state index contributed by atoms with van der Waals surface area (Å²) in [5, 5.41) is 3.49. The third-order valence-electron chi connectivity index (χ3n) is 5.03. The smallest absolute Gasteiger partial charge is 0.280 e. The Bertz CT molecular complexity index is 1320. The van der Waals surface area contributed by atoms with Gasteiger partial charge in [0.1, 0.15) is 5.82 Å². The number of aryl methyl sites for hydroxylation is 1. The van der Waals surface area contributed by atoms with E-state index in [0.29, 0.717) is 28.7 Å². The number of H-pyrrole nitrogens is 1. The highest BCUT2D eigenvalue weighted by atomic mass is 35.5. The lowest BCUT2D eigenvalue weighted by atomic mass is 10.1. The number of hydrogen-bond acceptors (Lipinski definition) is 3. The molecule has 0 unspecified atom stereocenters. The molecule has 3 aromatic heterocycles. The molecule has 0 spiro atoms. The van der Waals surface area contributed by atoms with Crippen LogP contribution >= 0.6 is 11.6 Å². The first-order valence-electron chi connectivity index (χ1n) is 9.72. The zero-order valence-electron chi connectivity index (χ0n) is 16.4. The predicted octanol–water partition coefficient (Wildman–Crippen LogP) is 4.06. The van der Waals surface area contributed by atoms with Crippen LogP contribution in [0.3, 0.4) is 0 Å². The molecular formula is C22H20ClFN4O2. The lowest BCUT2D eigenvalue weighted by Gasteiger charge is -2.13. The number of aromatic amines is 1. The molecule has 0 aliphatic carbocycles. The molecule has 6 nitrogen and oxygen atoms in total. The number of hydrogen-bond donors (Lipinski definition) is 1. The van der Waals surface area contributed by atoms with Crippen molar-refractivity contribution in [3.05, 3.63) is 91.6 Å². The van der Waals surface area contributed by atoms with Crippen LogP contribution in [0, 0.1) is 5.82 Å². The largest absolute Gasteiger partial charge is 0.306 e. The van der Waals surface area contributed by atoms with Gasteiger partial charge >= 0.3 is 0 Å². The minimum absolute atomic E-state index is 0.0995. The van der Waals surface area contributed by atoms with Gasteiger partial charge in [-0.2, -0.15) is 0 Å². The Balaban J connectivity index is 1.95. The van der Waals surface area contributed by atoms with Gasteiger partial charge in [0.05, 0.1) is 33.9 Å².